The molecule has 2 heterocycles. The smallest absolute Gasteiger partial charge is 0.143 e. The molecule has 0 saturated heterocycles. The number of hydrogen-bond donors (Lipinski definition) is 1. The Morgan fingerprint density at radius 3 is 2.95 bits per heavy atom. The fourth-order valence-electron chi connectivity index (χ4n) is 2.08. The van der Waals surface area contributed by atoms with Crippen molar-refractivity contribution in [2.75, 3.05) is 6.54 Å². The Hall–Kier alpha value is -2.61. The van der Waals surface area contributed by atoms with Crippen molar-refractivity contribution in [3.05, 3.63) is 48.5 Å². The number of nitrogens with zero attached hydrogens (tertiary/aromatic N) is 7. The molecular weight excluding hydrogens is 268 g/mol. The van der Waals surface area contributed by atoms with Gasteiger partial charge in [0.1, 0.15) is 6.33 Å². The Morgan fingerprint density at radius 2 is 2.19 bits per heavy atom. The Balaban J connectivity index is 1.62. The lowest BCUT2D eigenvalue weighted by atomic mass is 10.1. The van der Waals surface area contributed by atoms with Gasteiger partial charge in [0.2, 0.25) is 0 Å². The van der Waals surface area contributed by atoms with Crippen molar-refractivity contribution in [3.63, 3.8) is 0 Å². The summed E-state index contributed by atoms with van der Waals surface area (Å²) < 4.78 is 3.45. The average Bonchev–Trinajstić information content (AvgIpc) is 3.21. The second kappa shape index (κ2) is 6.23. The first kappa shape index (κ1) is 13.4. The highest BCUT2D eigenvalue weighted by molar-refractivity contribution is 5.35. The molecule has 0 aliphatic carbocycles. The predicted octanol–water partition coefficient (Wildman–Crippen LogP) is 0.605. The van der Waals surface area contributed by atoms with Gasteiger partial charge in [-0.25, -0.2) is 4.68 Å². The monoisotopic (exact) mass is 284 g/mol. The van der Waals surface area contributed by atoms with E-state index < -0.39 is 0 Å². The molecule has 0 amide bonds. The molecule has 1 N–H and O–H groups in total. The van der Waals surface area contributed by atoms with E-state index in [1.165, 1.54) is 5.56 Å². The standard InChI is InChI=1S/C13H16N8/c1-11(14-5-7-20-8-6-15-18-20)12-3-2-4-13(9-12)21-10-16-17-19-21/h2-4,6,8-11,14H,5,7H2,1H3. The van der Waals surface area contributed by atoms with Gasteiger partial charge >= 0.3 is 0 Å². The van der Waals surface area contributed by atoms with Crippen LogP contribution in [0.5, 0.6) is 0 Å². The lowest BCUT2D eigenvalue weighted by Crippen LogP contribution is -2.23. The van der Waals surface area contributed by atoms with E-state index in [4.69, 9.17) is 0 Å². The quantitative estimate of drug-likeness (QED) is 0.713. The summed E-state index contributed by atoms with van der Waals surface area (Å²) in [5, 5.41) is 22.4. The topological polar surface area (TPSA) is 86.3 Å². The minimum absolute atomic E-state index is 0.227. The highest BCUT2D eigenvalue weighted by atomic mass is 15.5. The van der Waals surface area contributed by atoms with Gasteiger partial charge in [-0.3, -0.25) is 4.68 Å². The summed E-state index contributed by atoms with van der Waals surface area (Å²) in [6.45, 7) is 3.73. The molecule has 108 valence electrons. The van der Waals surface area contributed by atoms with Crippen LogP contribution in [0, 0.1) is 0 Å². The molecule has 8 nitrogen and oxygen atoms in total. The normalized spacial score (nSPS) is 12.4. The van der Waals surface area contributed by atoms with Gasteiger partial charge in [0.05, 0.1) is 18.4 Å². The SMILES string of the molecule is CC(NCCn1ccnn1)c1cccc(-n2cnnn2)c1. The number of rotatable bonds is 6. The highest BCUT2D eigenvalue weighted by Crippen LogP contribution is 2.15. The maximum atomic E-state index is 3.93. The summed E-state index contributed by atoms with van der Waals surface area (Å²) in [5.41, 5.74) is 2.13. The van der Waals surface area contributed by atoms with Crippen molar-refractivity contribution in [1.82, 2.24) is 40.5 Å². The van der Waals surface area contributed by atoms with Gasteiger partial charge in [0.15, 0.2) is 0 Å². The van der Waals surface area contributed by atoms with E-state index in [2.05, 4.69) is 50.2 Å². The Labute approximate surface area is 121 Å². The van der Waals surface area contributed by atoms with Crippen molar-refractivity contribution in [3.8, 4) is 5.69 Å². The van der Waals surface area contributed by atoms with Crippen molar-refractivity contribution in [2.24, 2.45) is 0 Å². The molecule has 1 unspecified atom stereocenters. The molecule has 1 aromatic carbocycles. The zero-order valence-corrected chi connectivity index (χ0v) is 11.7. The summed E-state index contributed by atoms with van der Waals surface area (Å²) in [4.78, 5) is 0. The van der Waals surface area contributed by atoms with Gasteiger partial charge in [-0.2, -0.15) is 0 Å². The Bertz CT molecular complexity index is 661. The second-order valence-corrected chi connectivity index (χ2v) is 4.69. The molecule has 0 radical (unpaired) electrons. The van der Waals surface area contributed by atoms with E-state index >= 15 is 0 Å². The zero-order chi connectivity index (χ0) is 14.5. The minimum Gasteiger partial charge on any atom is -0.308 e. The molecular formula is C13H16N8. The summed E-state index contributed by atoms with van der Waals surface area (Å²) in [6.07, 6.45) is 5.12. The van der Waals surface area contributed by atoms with E-state index in [-0.39, 0.29) is 6.04 Å². The van der Waals surface area contributed by atoms with Crippen LogP contribution in [0.2, 0.25) is 0 Å². The first-order chi connectivity index (χ1) is 10.3. The number of benzene rings is 1. The lowest BCUT2D eigenvalue weighted by Gasteiger charge is -2.15. The molecule has 3 aromatic rings. The van der Waals surface area contributed by atoms with Crippen LogP contribution in [0.4, 0.5) is 0 Å². The van der Waals surface area contributed by atoms with Crippen molar-refractivity contribution < 1.29 is 0 Å². The minimum atomic E-state index is 0.227. The van der Waals surface area contributed by atoms with E-state index in [0.717, 1.165) is 18.8 Å². The second-order valence-electron chi connectivity index (χ2n) is 4.69. The first-order valence-corrected chi connectivity index (χ1v) is 6.74. The number of tetrazole rings is 1. The fourth-order valence-corrected chi connectivity index (χ4v) is 2.08. The molecule has 2 aromatic heterocycles. The van der Waals surface area contributed by atoms with E-state index in [0.29, 0.717) is 0 Å². The highest BCUT2D eigenvalue weighted by Gasteiger charge is 2.06. The average molecular weight is 284 g/mol. The third-order valence-corrected chi connectivity index (χ3v) is 3.25. The van der Waals surface area contributed by atoms with E-state index in [9.17, 15) is 0 Å². The van der Waals surface area contributed by atoms with Gasteiger partial charge in [-0.05, 0) is 35.0 Å². The van der Waals surface area contributed by atoms with Crippen LogP contribution in [0.15, 0.2) is 43.0 Å². The molecule has 3 rings (SSSR count). The lowest BCUT2D eigenvalue weighted by molar-refractivity contribution is 0.499. The summed E-state index contributed by atoms with van der Waals surface area (Å²) >= 11 is 0. The third kappa shape index (κ3) is 3.29. The van der Waals surface area contributed by atoms with Gasteiger partial charge < -0.3 is 5.32 Å². The summed E-state index contributed by atoms with van der Waals surface area (Å²) in [6, 6.07) is 8.36. The van der Waals surface area contributed by atoms with Crippen LogP contribution in [0.3, 0.4) is 0 Å². The van der Waals surface area contributed by atoms with Crippen LogP contribution in [-0.2, 0) is 6.54 Å². The summed E-state index contributed by atoms with van der Waals surface area (Å²) in [7, 11) is 0. The van der Waals surface area contributed by atoms with Crippen molar-refractivity contribution in [1.29, 1.82) is 0 Å². The maximum Gasteiger partial charge on any atom is 0.143 e. The summed E-state index contributed by atoms with van der Waals surface area (Å²) in [5.74, 6) is 0. The molecule has 0 fully saturated rings. The molecule has 0 aliphatic heterocycles. The van der Waals surface area contributed by atoms with Crippen LogP contribution >= 0.6 is 0 Å². The maximum absolute atomic E-state index is 3.93. The Morgan fingerprint density at radius 1 is 1.24 bits per heavy atom. The Kier molecular flexibility index (Phi) is 3.97. The van der Waals surface area contributed by atoms with Gasteiger partial charge in [-0.15, -0.1) is 10.2 Å². The van der Waals surface area contributed by atoms with Gasteiger partial charge in [0.25, 0.3) is 0 Å². The zero-order valence-electron chi connectivity index (χ0n) is 11.7. The molecule has 0 spiro atoms. The molecule has 0 saturated carbocycles. The number of hydrogen-bond acceptors (Lipinski definition) is 6. The van der Waals surface area contributed by atoms with E-state index in [1.807, 2.05) is 18.3 Å². The first-order valence-electron chi connectivity index (χ1n) is 6.74. The molecule has 21 heavy (non-hydrogen) atoms. The van der Waals surface area contributed by atoms with Crippen LogP contribution in [0.25, 0.3) is 5.69 Å². The number of nitrogens with one attached hydrogen (secondary N) is 1. The largest absolute Gasteiger partial charge is 0.308 e. The van der Waals surface area contributed by atoms with Crippen LogP contribution in [0.1, 0.15) is 18.5 Å². The fraction of sp³-hybridized carbons (Fsp3) is 0.308. The predicted molar refractivity (Wildman–Crippen MR) is 75.6 cm³/mol. The van der Waals surface area contributed by atoms with Crippen LogP contribution in [-0.4, -0.2) is 41.7 Å². The third-order valence-electron chi connectivity index (χ3n) is 3.25. The van der Waals surface area contributed by atoms with Crippen molar-refractivity contribution >= 4 is 0 Å². The molecule has 8 heteroatoms. The van der Waals surface area contributed by atoms with E-state index in [1.54, 1.807) is 21.9 Å². The molecule has 0 aliphatic rings. The van der Waals surface area contributed by atoms with Crippen molar-refractivity contribution in [2.45, 2.75) is 19.5 Å². The van der Waals surface area contributed by atoms with Crippen LogP contribution < -0.4 is 5.32 Å². The number of aromatic nitrogens is 7. The molecule has 1 atom stereocenters. The molecule has 0 bridgehead atoms. The van der Waals surface area contributed by atoms with Gasteiger partial charge in [-0.1, -0.05) is 17.3 Å². The van der Waals surface area contributed by atoms with Gasteiger partial charge in [0, 0.05) is 18.8 Å².